The summed E-state index contributed by atoms with van der Waals surface area (Å²) >= 11 is 0. The molecular weight excluding hydrogens is 329 g/mol. The zero-order valence-corrected chi connectivity index (χ0v) is 15.0. The van der Waals surface area contributed by atoms with Crippen LogP contribution in [-0.4, -0.2) is 11.1 Å². The second-order valence-electron chi connectivity index (χ2n) is 5.56. The topological polar surface area (TPSA) is 78.7 Å². The monoisotopic (exact) mass is 349 g/mol. The number of hydrogen-bond donors (Lipinski definition) is 0. The van der Waals surface area contributed by atoms with Crippen LogP contribution in [0, 0.1) is 30.9 Å². The van der Waals surface area contributed by atoms with Gasteiger partial charge in [0.15, 0.2) is 0 Å². The van der Waals surface area contributed by atoms with Crippen molar-refractivity contribution in [2.75, 3.05) is 6.16 Å². The van der Waals surface area contributed by atoms with Crippen LogP contribution >= 0.6 is 7.60 Å². The number of para-hydroxylation sites is 1. The van der Waals surface area contributed by atoms with E-state index in [1.807, 2.05) is 26.0 Å². The first-order chi connectivity index (χ1) is 11.3. The van der Waals surface area contributed by atoms with E-state index < -0.39 is 12.5 Å². The first-order valence-electron chi connectivity index (χ1n) is 7.55. The summed E-state index contributed by atoms with van der Waals surface area (Å²) in [6, 6.07) is 10.0. The van der Waals surface area contributed by atoms with Crippen molar-refractivity contribution in [2.24, 2.45) is 0 Å². The lowest BCUT2D eigenvalue weighted by molar-refractivity contribution is -0.385. The smallest absolute Gasteiger partial charge is 0.416 e. The normalized spacial score (nSPS) is 13.2. The van der Waals surface area contributed by atoms with E-state index in [0.717, 1.165) is 11.1 Å². The van der Waals surface area contributed by atoms with Crippen LogP contribution in [0.1, 0.15) is 23.6 Å². The van der Waals surface area contributed by atoms with Gasteiger partial charge in [0.1, 0.15) is 5.75 Å². The third-order valence-electron chi connectivity index (χ3n) is 3.57. The molecule has 24 heavy (non-hydrogen) atoms. The SMILES string of the molecule is CC[P@@](=O)(Oc1ccc(C)cc1C)Oc1c(C)cccc1[N+](=O)[O-]. The van der Waals surface area contributed by atoms with E-state index in [4.69, 9.17) is 9.05 Å². The third kappa shape index (κ3) is 3.95. The van der Waals surface area contributed by atoms with Gasteiger partial charge in [0.2, 0.25) is 5.75 Å². The zero-order chi connectivity index (χ0) is 17.9. The van der Waals surface area contributed by atoms with Gasteiger partial charge < -0.3 is 9.05 Å². The number of benzene rings is 2. The highest BCUT2D eigenvalue weighted by Gasteiger charge is 2.30. The quantitative estimate of drug-likeness (QED) is 0.407. The molecule has 0 N–H and O–H groups in total. The number of nitro groups is 1. The van der Waals surface area contributed by atoms with Gasteiger partial charge in [-0.05, 0) is 38.0 Å². The second kappa shape index (κ2) is 7.05. The fourth-order valence-electron chi connectivity index (χ4n) is 2.24. The molecule has 0 fully saturated rings. The van der Waals surface area contributed by atoms with Crippen LogP contribution in [0.2, 0.25) is 0 Å². The van der Waals surface area contributed by atoms with Crippen molar-refractivity contribution in [3.63, 3.8) is 0 Å². The molecule has 0 unspecified atom stereocenters. The van der Waals surface area contributed by atoms with Crippen molar-refractivity contribution in [1.82, 2.24) is 0 Å². The maximum absolute atomic E-state index is 13.0. The van der Waals surface area contributed by atoms with Gasteiger partial charge in [-0.15, -0.1) is 0 Å². The highest BCUT2D eigenvalue weighted by molar-refractivity contribution is 7.54. The van der Waals surface area contributed by atoms with Gasteiger partial charge in [0.05, 0.1) is 11.1 Å². The van der Waals surface area contributed by atoms with Crippen LogP contribution in [-0.2, 0) is 4.57 Å². The van der Waals surface area contributed by atoms with Crippen molar-refractivity contribution < 1.29 is 18.5 Å². The Balaban J connectivity index is 2.38. The second-order valence-corrected chi connectivity index (χ2v) is 7.78. The molecule has 0 saturated heterocycles. The summed E-state index contributed by atoms with van der Waals surface area (Å²) in [5.41, 5.74) is 2.18. The van der Waals surface area contributed by atoms with E-state index in [1.54, 1.807) is 32.0 Å². The Morgan fingerprint density at radius 2 is 1.79 bits per heavy atom. The molecule has 6 nitrogen and oxygen atoms in total. The van der Waals surface area contributed by atoms with Gasteiger partial charge in [0.25, 0.3) is 0 Å². The minimum absolute atomic E-state index is 0.0163. The average Bonchev–Trinajstić information content (AvgIpc) is 2.52. The predicted molar refractivity (Wildman–Crippen MR) is 93.2 cm³/mol. The summed E-state index contributed by atoms with van der Waals surface area (Å²) < 4.78 is 24.2. The minimum Gasteiger partial charge on any atom is -0.416 e. The summed E-state index contributed by atoms with van der Waals surface area (Å²) in [7, 11) is -3.58. The van der Waals surface area contributed by atoms with Crippen LogP contribution in [0.25, 0.3) is 0 Å². The van der Waals surface area contributed by atoms with Crippen LogP contribution in [0.5, 0.6) is 11.5 Å². The van der Waals surface area contributed by atoms with Crippen molar-refractivity contribution in [1.29, 1.82) is 0 Å². The van der Waals surface area contributed by atoms with E-state index in [0.29, 0.717) is 11.3 Å². The highest BCUT2D eigenvalue weighted by atomic mass is 31.2. The van der Waals surface area contributed by atoms with Crippen LogP contribution < -0.4 is 9.05 Å². The Hall–Kier alpha value is -2.33. The molecular formula is C17H20NO5P. The number of nitrogens with zero attached hydrogens (tertiary/aromatic N) is 1. The molecule has 0 spiro atoms. The molecule has 0 aliphatic carbocycles. The Bertz CT molecular complexity index is 819. The molecule has 1 atom stereocenters. The number of aryl methyl sites for hydroxylation is 3. The summed E-state index contributed by atoms with van der Waals surface area (Å²) in [6.45, 7) is 7.12. The average molecular weight is 349 g/mol. The molecule has 0 saturated carbocycles. The van der Waals surface area contributed by atoms with Crippen molar-refractivity contribution in [3.8, 4) is 11.5 Å². The Labute approximate surface area is 141 Å². The standard InChI is InChI=1S/C17H20NO5P/c1-5-24(21,22-16-10-9-12(2)11-14(16)4)23-17-13(3)7-6-8-15(17)18(19)20/h6-11H,5H2,1-4H3/t24-/m1/s1. The van der Waals surface area contributed by atoms with E-state index in [-0.39, 0.29) is 17.6 Å². The molecule has 0 amide bonds. The third-order valence-corrected chi connectivity index (χ3v) is 5.28. The van der Waals surface area contributed by atoms with Crippen molar-refractivity contribution in [2.45, 2.75) is 27.7 Å². The molecule has 0 aromatic heterocycles. The van der Waals surface area contributed by atoms with E-state index in [1.165, 1.54) is 6.07 Å². The first-order valence-corrected chi connectivity index (χ1v) is 9.28. The zero-order valence-electron chi connectivity index (χ0n) is 14.1. The Morgan fingerprint density at radius 1 is 1.08 bits per heavy atom. The van der Waals surface area contributed by atoms with Crippen LogP contribution in [0.15, 0.2) is 36.4 Å². The van der Waals surface area contributed by atoms with Crippen molar-refractivity contribution >= 4 is 13.3 Å². The highest BCUT2D eigenvalue weighted by Crippen LogP contribution is 2.51. The van der Waals surface area contributed by atoms with Gasteiger partial charge in [-0.2, -0.15) is 0 Å². The summed E-state index contributed by atoms with van der Waals surface area (Å²) in [6.07, 6.45) is 0.0891. The molecule has 0 heterocycles. The van der Waals surface area contributed by atoms with Crippen LogP contribution in [0.4, 0.5) is 5.69 Å². The van der Waals surface area contributed by atoms with Gasteiger partial charge in [-0.1, -0.05) is 36.8 Å². The van der Waals surface area contributed by atoms with Gasteiger partial charge >= 0.3 is 13.3 Å². The minimum atomic E-state index is -3.58. The van der Waals surface area contributed by atoms with Gasteiger partial charge in [0, 0.05) is 6.07 Å². The summed E-state index contributed by atoms with van der Waals surface area (Å²) in [5.74, 6) is 0.430. The Morgan fingerprint density at radius 3 is 2.38 bits per heavy atom. The molecule has 7 heteroatoms. The van der Waals surface area contributed by atoms with Gasteiger partial charge in [-0.25, -0.2) is 4.57 Å². The molecule has 0 aliphatic rings. The van der Waals surface area contributed by atoms with Gasteiger partial charge in [-0.3, -0.25) is 10.1 Å². The van der Waals surface area contributed by atoms with Crippen LogP contribution in [0.3, 0.4) is 0 Å². The number of hydrogen-bond acceptors (Lipinski definition) is 5. The Kier molecular flexibility index (Phi) is 5.30. The lowest BCUT2D eigenvalue weighted by Gasteiger charge is -2.20. The first kappa shape index (κ1) is 18.0. The van der Waals surface area contributed by atoms with E-state index in [9.17, 15) is 14.7 Å². The number of rotatable bonds is 6. The summed E-state index contributed by atoms with van der Waals surface area (Å²) in [4.78, 5) is 10.6. The molecule has 0 aliphatic heterocycles. The molecule has 128 valence electrons. The van der Waals surface area contributed by atoms with Crippen molar-refractivity contribution in [3.05, 3.63) is 63.2 Å². The molecule has 2 aromatic rings. The predicted octanol–water partition coefficient (Wildman–Crippen LogP) is 5.19. The largest absolute Gasteiger partial charge is 0.430 e. The fourth-order valence-corrected chi connectivity index (χ4v) is 3.55. The summed E-state index contributed by atoms with van der Waals surface area (Å²) in [5, 5.41) is 11.2. The molecule has 0 bridgehead atoms. The number of nitro benzene ring substituents is 1. The molecule has 2 rings (SSSR count). The van der Waals surface area contributed by atoms with E-state index >= 15 is 0 Å². The fraction of sp³-hybridized carbons (Fsp3) is 0.294. The molecule has 0 radical (unpaired) electrons. The maximum atomic E-state index is 13.0. The maximum Gasteiger partial charge on any atom is 0.430 e. The lowest BCUT2D eigenvalue weighted by Crippen LogP contribution is -2.06. The van der Waals surface area contributed by atoms with E-state index in [2.05, 4.69) is 0 Å². The molecule has 2 aromatic carbocycles. The lowest BCUT2D eigenvalue weighted by atomic mass is 10.1.